The standard InChI is InChI=1S/C16H22N4O/c1-12-5-4-8-20-15(21)9-13(18-16(12)20)11-19(2)14-6-3-7-17-10-14/h4-5,8-9,14,17H,3,6-7,10-11H2,1-2H3. The zero-order valence-corrected chi connectivity index (χ0v) is 12.7. The lowest BCUT2D eigenvalue weighted by molar-refractivity contribution is 0.194. The molecule has 0 aromatic carbocycles. The van der Waals surface area contributed by atoms with Gasteiger partial charge in [-0.15, -0.1) is 0 Å². The van der Waals surface area contributed by atoms with Crippen LogP contribution in [0.15, 0.2) is 29.2 Å². The summed E-state index contributed by atoms with van der Waals surface area (Å²) in [5.41, 5.74) is 2.63. The number of likely N-dealkylation sites (N-methyl/N-ethyl adjacent to an activating group) is 1. The van der Waals surface area contributed by atoms with Crippen molar-refractivity contribution >= 4 is 5.65 Å². The first-order chi connectivity index (χ1) is 10.1. The summed E-state index contributed by atoms with van der Waals surface area (Å²) in [6.07, 6.45) is 4.19. The quantitative estimate of drug-likeness (QED) is 0.921. The monoisotopic (exact) mass is 286 g/mol. The third-order valence-electron chi connectivity index (χ3n) is 4.24. The molecule has 0 radical (unpaired) electrons. The first kappa shape index (κ1) is 14.2. The van der Waals surface area contributed by atoms with Crippen LogP contribution in [0.2, 0.25) is 0 Å². The predicted molar refractivity (Wildman–Crippen MR) is 83.6 cm³/mol. The molecule has 5 heteroatoms. The number of fused-ring (bicyclic) bond motifs is 1. The number of pyridine rings is 1. The van der Waals surface area contributed by atoms with Crippen molar-refractivity contribution in [2.45, 2.75) is 32.4 Å². The molecule has 112 valence electrons. The lowest BCUT2D eigenvalue weighted by atomic mass is 10.1. The van der Waals surface area contributed by atoms with E-state index in [1.165, 1.54) is 12.8 Å². The van der Waals surface area contributed by atoms with E-state index in [1.54, 1.807) is 16.7 Å². The highest BCUT2D eigenvalue weighted by Gasteiger charge is 2.18. The Morgan fingerprint density at radius 3 is 3.14 bits per heavy atom. The summed E-state index contributed by atoms with van der Waals surface area (Å²) >= 11 is 0. The third kappa shape index (κ3) is 2.99. The van der Waals surface area contributed by atoms with Crippen molar-refractivity contribution in [2.24, 2.45) is 0 Å². The summed E-state index contributed by atoms with van der Waals surface area (Å²) < 4.78 is 1.61. The molecule has 2 aromatic heterocycles. The summed E-state index contributed by atoms with van der Waals surface area (Å²) in [6, 6.07) is 6.04. The number of nitrogens with zero attached hydrogens (tertiary/aromatic N) is 3. The van der Waals surface area contributed by atoms with Gasteiger partial charge < -0.3 is 5.32 Å². The molecule has 1 aliphatic heterocycles. The van der Waals surface area contributed by atoms with Gasteiger partial charge in [-0.05, 0) is 45.0 Å². The Balaban J connectivity index is 1.87. The normalized spacial score (nSPS) is 19.3. The molecule has 0 aliphatic carbocycles. The van der Waals surface area contributed by atoms with Gasteiger partial charge in [0.2, 0.25) is 0 Å². The van der Waals surface area contributed by atoms with Gasteiger partial charge in [0, 0.05) is 31.4 Å². The molecule has 1 fully saturated rings. The van der Waals surface area contributed by atoms with E-state index in [4.69, 9.17) is 0 Å². The first-order valence-corrected chi connectivity index (χ1v) is 7.54. The molecule has 1 N–H and O–H groups in total. The summed E-state index contributed by atoms with van der Waals surface area (Å²) in [5, 5.41) is 3.42. The van der Waals surface area contributed by atoms with E-state index >= 15 is 0 Å². The summed E-state index contributed by atoms with van der Waals surface area (Å²) in [4.78, 5) is 19.2. The number of aryl methyl sites for hydroxylation is 1. The molecule has 3 rings (SSSR count). The van der Waals surface area contributed by atoms with Crippen LogP contribution >= 0.6 is 0 Å². The fourth-order valence-electron chi connectivity index (χ4n) is 2.98. The minimum Gasteiger partial charge on any atom is -0.315 e. The maximum atomic E-state index is 12.2. The van der Waals surface area contributed by atoms with Crippen LogP contribution in [0.25, 0.3) is 5.65 Å². The van der Waals surface area contributed by atoms with Gasteiger partial charge >= 0.3 is 0 Å². The van der Waals surface area contributed by atoms with Crippen molar-refractivity contribution in [3.63, 3.8) is 0 Å². The van der Waals surface area contributed by atoms with Gasteiger partial charge in [-0.1, -0.05) is 6.07 Å². The summed E-state index contributed by atoms with van der Waals surface area (Å²) in [6.45, 7) is 4.83. The second-order valence-corrected chi connectivity index (χ2v) is 5.89. The number of nitrogens with one attached hydrogen (secondary N) is 1. The Hall–Kier alpha value is -1.72. The summed E-state index contributed by atoms with van der Waals surface area (Å²) in [7, 11) is 2.11. The topological polar surface area (TPSA) is 49.6 Å². The van der Waals surface area contributed by atoms with Gasteiger partial charge in [0.05, 0.1) is 5.69 Å². The number of aromatic nitrogens is 2. The molecule has 0 amide bonds. The van der Waals surface area contributed by atoms with Crippen LogP contribution in [0.5, 0.6) is 0 Å². The Kier molecular flexibility index (Phi) is 4.03. The zero-order chi connectivity index (χ0) is 14.8. The molecule has 1 unspecified atom stereocenters. The molecule has 1 atom stereocenters. The average molecular weight is 286 g/mol. The van der Waals surface area contributed by atoms with E-state index in [9.17, 15) is 4.79 Å². The zero-order valence-electron chi connectivity index (χ0n) is 12.7. The molecular formula is C16H22N4O. The lowest BCUT2D eigenvalue weighted by Crippen LogP contribution is -2.44. The SMILES string of the molecule is Cc1cccn2c(=O)cc(CN(C)C3CCCNC3)nc12. The van der Waals surface area contributed by atoms with Crippen molar-refractivity contribution < 1.29 is 0 Å². The fourth-order valence-corrected chi connectivity index (χ4v) is 2.98. The Morgan fingerprint density at radius 2 is 2.38 bits per heavy atom. The van der Waals surface area contributed by atoms with Crippen LogP contribution < -0.4 is 10.9 Å². The Labute approximate surface area is 124 Å². The van der Waals surface area contributed by atoms with Crippen LogP contribution in [0.4, 0.5) is 0 Å². The predicted octanol–water partition coefficient (Wildman–Crippen LogP) is 1.19. The summed E-state index contributed by atoms with van der Waals surface area (Å²) in [5.74, 6) is 0. The fraction of sp³-hybridized carbons (Fsp3) is 0.500. The maximum Gasteiger partial charge on any atom is 0.258 e. The second kappa shape index (κ2) is 5.95. The maximum absolute atomic E-state index is 12.2. The van der Waals surface area contributed by atoms with E-state index in [0.29, 0.717) is 12.6 Å². The minimum absolute atomic E-state index is 0.00568. The van der Waals surface area contributed by atoms with Crippen LogP contribution in [0.1, 0.15) is 24.1 Å². The van der Waals surface area contributed by atoms with Crippen LogP contribution in [-0.2, 0) is 6.54 Å². The van der Waals surface area contributed by atoms with Crippen molar-refractivity contribution in [1.29, 1.82) is 0 Å². The molecule has 3 heterocycles. The highest BCUT2D eigenvalue weighted by molar-refractivity contribution is 5.46. The van der Waals surface area contributed by atoms with E-state index in [2.05, 4.69) is 22.2 Å². The number of hydrogen-bond acceptors (Lipinski definition) is 4. The molecule has 1 aliphatic rings. The van der Waals surface area contributed by atoms with E-state index in [-0.39, 0.29) is 5.56 Å². The molecule has 0 bridgehead atoms. The van der Waals surface area contributed by atoms with Gasteiger partial charge in [0.25, 0.3) is 5.56 Å². The second-order valence-electron chi connectivity index (χ2n) is 5.89. The lowest BCUT2D eigenvalue weighted by Gasteiger charge is -2.31. The number of rotatable bonds is 3. The van der Waals surface area contributed by atoms with Gasteiger partial charge in [-0.25, -0.2) is 4.98 Å². The molecule has 1 saturated heterocycles. The largest absolute Gasteiger partial charge is 0.315 e. The van der Waals surface area contributed by atoms with Crippen molar-refractivity contribution in [1.82, 2.24) is 19.6 Å². The van der Waals surface area contributed by atoms with Gasteiger partial charge in [0.1, 0.15) is 5.65 Å². The van der Waals surface area contributed by atoms with Crippen LogP contribution in [0.3, 0.4) is 0 Å². The minimum atomic E-state index is -0.00568. The highest BCUT2D eigenvalue weighted by Crippen LogP contribution is 2.12. The molecule has 0 saturated carbocycles. The Morgan fingerprint density at radius 1 is 1.52 bits per heavy atom. The smallest absolute Gasteiger partial charge is 0.258 e. The average Bonchev–Trinajstić information content (AvgIpc) is 2.49. The third-order valence-corrected chi connectivity index (χ3v) is 4.24. The van der Waals surface area contributed by atoms with Crippen LogP contribution in [0, 0.1) is 6.92 Å². The van der Waals surface area contributed by atoms with E-state index in [1.807, 2.05) is 19.1 Å². The molecule has 21 heavy (non-hydrogen) atoms. The van der Waals surface area contributed by atoms with Crippen molar-refractivity contribution in [3.05, 3.63) is 46.0 Å². The first-order valence-electron chi connectivity index (χ1n) is 7.54. The van der Waals surface area contributed by atoms with Crippen molar-refractivity contribution in [3.8, 4) is 0 Å². The number of piperidine rings is 1. The van der Waals surface area contributed by atoms with E-state index in [0.717, 1.165) is 30.0 Å². The molecule has 2 aromatic rings. The highest BCUT2D eigenvalue weighted by atomic mass is 16.1. The van der Waals surface area contributed by atoms with Crippen molar-refractivity contribution in [2.75, 3.05) is 20.1 Å². The number of hydrogen-bond donors (Lipinski definition) is 1. The van der Waals surface area contributed by atoms with Gasteiger partial charge in [-0.2, -0.15) is 0 Å². The van der Waals surface area contributed by atoms with Gasteiger partial charge in [-0.3, -0.25) is 14.1 Å². The Bertz CT molecular complexity index is 688. The molecule has 5 nitrogen and oxygen atoms in total. The van der Waals surface area contributed by atoms with E-state index < -0.39 is 0 Å². The van der Waals surface area contributed by atoms with Crippen LogP contribution in [-0.4, -0.2) is 40.5 Å². The van der Waals surface area contributed by atoms with Gasteiger partial charge in [0.15, 0.2) is 0 Å². The molecular weight excluding hydrogens is 264 g/mol. The molecule has 0 spiro atoms.